The van der Waals surface area contributed by atoms with E-state index in [1.165, 1.54) is 0 Å². The monoisotopic (exact) mass is 697 g/mol. The normalized spacial score (nSPS) is 28.0. The summed E-state index contributed by atoms with van der Waals surface area (Å²) in [7, 11) is -4.41. The van der Waals surface area contributed by atoms with Crippen molar-refractivity contribution in [3.63, 3.8) is 0 Å². The summed E-state index contributed by atoms with van der Waals surface area (Å²) < 4.78 is 49.3. The second kappa shape index (κ2) is 15.6. The minimum absolute atomic E-state index is 0.0404. The lowest BCUT2D eigenvalue weighted by molar-refractivity contribution is -0.178. The Kier molecular flexibility index (Phi) is 12.1. The van der Waals surface area contributed by atoms with Crippen LogP contribution in [-0.4, -0.2) is 52.6 Å². The number of ether oxygens (including phenoxy) is 3. The standard InChI is InChI=1S/C29H37ClN5O11P/c1-5-17(4)26(37)44-24-23(43-27(38)18(6-2)7-3)25(35-13-11-22(36)32-28(35)39)45-29(24,33-34-31)16-42-47(40)41-14-12-21(46-47)19-9-8-10-20(30)15-19/h8-11,13,15,17-18,21,23-25H,5-7,12,14,16H2,1-4H3,(H,32,36,39)/t17?,21-,23+,24-,25+,29+,47?/m0/s1. The molecule has 2 aliphatic heterocycles. The molecule has 0 spiro atoms. The van der Waals surface area contributed by atoms with Crippen LogP contribution in [0.3, 0.4) is 0 Å². The van der Waals surface area contributed by atoms with Gasteiger partial charge in [-0.25, -0.2) is 9.36 Å². The Morgan fingerprint density at radius 3 is 2.57 bits per heavy atom. The molecule has 7 atom stereocenters. The molecular formula is C29H37ClN5O11P. The summed E-state index contributed by atoms with van der Waals surface area (Å²) in [4.78, 5) is 56.3. The van der Waals surface area contributed by atoms with Crippen LogP contribution in [0.5, 0.6) is 0 Å². The Labute approximate surface area is 274 Å². The molecule has 0 bridgehead atoms. The van der Waals surface area contributed by atoms with Gasteiger partial charge in [0, 0.05) is 28.6 Å². The highest BCUT2D eigenvalue weighted by molar-refractivity contribution is 7.48. The van der Waals surface area contributed by atoms with Crippen molar-refractivity contribution in [3.8, 4) is 0 Å². The highest BCUT2D eigenvalue weighted by Gasteiger charge is 2.62. The summed E-state index contributed by atoms with van der Waals surface area (Å²) in [6.45, 7) is 5.96. The molecule has 2 aliphatic rings. The summed E-state index contributed by atoms with van der Waals surface area (Å²) in [6.07, 6.45) is -3.14. The lowest BCUT2D eigenvalue weighted by Crippen LogP contribution is -2.50. The van der Waals surface area contributed by atoms with Crippen LogP contribution in [0.4, 0.5) is 0 Å². The Morgan fingerprint density at radius 1 is 1.19 bits per heavy atom. The zero-order valence-electron chi connectivity index (χ0n) is 26.3. The number of rotatable bonds is 13. The Bertz CT molecular complexity index is 1660. The van der Waals surface area contributed by atoms with E-state index >= 15 is 0 Å². The van der Waals surface area contributed by atoms with Gasteiger partial charge in [-0.2, -0.15) is 0 Å². The topological polar surface area (TPSA) is 210 Å². The van der Waals surface area contributed by atoms with Crippen LogP contribution >= 0.6 is 19.4 Å². The van der Waals surface area contributed by atoms with Crippen LogP contribution in [0.1, 0.15) is 71.3 Å². The third-order valence-electron chi connectivity index (χ3n) is 8.05. The molecule has 1 aromatic carbocycles. The van der Waals surface area contributed by atoms with Gasteiger partial charge in [0.1, 0.15) is 0 Å². The van der Waals surface area contributed by atoms with Crippen LogP contribution in [0.25, 0.3) is 10.4 Å². The molecule has 1 aromatic heterocycles. The van der Waals surface area contributed by atoms with E-state index < -0.39 is 79.7 Å². The second-order valence-electron chi connectivity index (χ2n) is 11.1. The maximum atomic E-state index is 13.8. The molecular weight excluding hydrogens is 661 g/mol. The number of hydrogen-bond acceptors (Lipinski definition) is 12. The van der Waals surface area contributed by atoms with E-state index in [9.17, 15) is 29.3 Å². The zero-order chi connectivity index (χ0) is 34.4. The minimum atomic E-state index is -4.41. The summed E-state index contributed by atoms with van der Waals surface area (Å²) in [5, 5.41) is 4.20. The first-order valence-corrected chi connectivity index (χ1v) is 17.0. The zero-order valence-corrected chi connectivity index (χ0v) is 27.9. The van der Waals surface area contributed by atoms with Crippen molar-refractivity contribution in [3.05, 3.63) is 78.4 Å². The molecule has 2 saturated heterocycles. The number of nitrogens with zero attached hydrogens (tertiary/aromatic N) is 4. The number of benzene rings is 1. The minimum Gasteiger partial charge on any atom is -0.455 e. The number of phosphoric ester groups is 1. The summed E-state index contributed by atoms with van der Waals surface area (Å²) in [5.41, 5.74) is 6.25. The maximum Gasteiger partial charge on any atom is 0.475 e. The lowest BCUT2D eigenvalue weighted by Gasteiger charge is -2.34. The number of aromatic nitrogens is 2. The number of azide groups is 1. The number of aromatic amines is 1. The molecule has 18 heteroatoms. The molecule has 1 N–H and O–H groups in total. The maximum absolute atomic E-state index is 13.8. The summed E-state index contributed by atoms with van der Waals surface area (Å²) in [6, 6.07) is 7.75. The average Bonchev–Trinajstić information content (AvgIpc) is 3.32. The summed E-state index contributed by atoms with van der Waals surface area (Å²) >= 11 is 6.13. The average molecular weight is 698 g/mol. The number of phosphoric acid groups is 1. The Morgan fingerprint density at radius 2 is 1.94 bits per heavy atom. The number of carbonyl (C=O) groups is 2. The Hall–Kier alpha value is -3.49. The SMILES string of the molecule is CCC(C)C(=O)O[C@H]1[C@@H](OC(=O)C(CC)CC)[C@H](n2ccc(=O)[nH]c2=O)O[C@@]1(COP1(=O)OCC[C@@H](c2cccc(Cl)c2)O1)N=[N+]=[N-]. The molecule has 0 radical (unpaired) electrons. The largest absolute Gasteiger partial charge is 0.475 e. The number of hydrogen-bond donors (Lipinski definition) is 1. The van der Waals surface area contributed by atoms with Gasteiger partial charge in [0.25, 0.3) is 5.56 Å². The molecule has 2 unspecified atom stereocenters. The van der Waals surface area contributed by atoms with Gasteiger partial charge < -0.3 is 14.2 Å². The van der Waals surface area contributed by atoms with Gasteiger partial charge in [-0.05, 0) is 42.5 Å². The first kappa shape index (κ1) is 36.3. The summed E-state index contributed by atoms with van der Waals surface area (Å²) in [5.74, 6) is -2.71. The van der Waals surface area contributed by atoms with Gasteiger partial charge >= 0.3 is 25.5 Å². The fourth-order valence-corrected chi connectivity index (χ4v) is 6.72. The van der Waals surface area contributed by atoms with Crippen LogP contribution in [0, 0.1) is 11.8 Å². The molecule has 47 heavy (non-hydrogen) atoms. The molecule has 2 fully saturated rings. The van der Waals surface area contributed by atoms with Gasteiger partial charge in [-0.3, -0.25) is 37.5 Å². The smallest absolute Gasteiger partial charge is 0.455 e. The van der Waals surface area contributed by atoms with E-state index in [1.54, 1.807) is 52.0 Å². The first-order chi connectivity index (χ1) is 22.4. The van der Waals surface area contributed by atoms with Crippen molar-refractivity contribution < 1.29 is 41.9 Å². The number of carbonyl (C=O) groups excluding carboxylic acids is 2. The van der Waals surface area contributed by atoms with Crippen LogP contribution < -0.4 is 11.2 Å². The van der Waals surface area contributed by atoms with Gasteiger partial charge in [0.2, 0.25) is 5.72 Å². The molecule has 0 aliphatic carbocycles. The fourth-order valence-electron chi connectivity index (χ4n) is 5.12. The van der Waals surface area contributed by atoms with Gasteiger partial charge in [0.05, 0.1) is 31.2 Å². The molecule has 16 nitrogen and oxygen atoms in total. The van der Waals surface area contributed by atoms with Crippen molar-refractivity contribution >= 4 is 31.4 Å². The van der Waals surface area contributed by atoms with E-state index in [1.807, 2.05) is 0 Å². The van der Waals surface area contributed by atoms with Gasteiger partial charge in [-0.15, -0.1) is 0 Å². The molecule has 2 aromatic rings. The van der Waals surface area contributed by atoms with Crippen LogP contribution in [0.15, 0.2) is 51.2 Å². The van der Waals surface area contributed by atoms with Gasteiger partial charge in [-0.1, -0.05) is 56.5 Å². The lowest BCUT2D eigenvalue weighted by atomic mass is 10.0. The third-order valence-corrected chi connectivity index (χ3v) is 9.74. The highest BCUT2D eigenvalue weighted by Crippen LogP contribution is 2.58. The molecule has 0 amide bonds. The molecule has 4 rings (SSSR count). The van der Waals surface area contributed by atoms with E-state index in [0.717, 1.165) is 16.8 Å². The quantitative estimate of drug-likeness (QED) is 0.0928. The van der Waals surface area contributed by atoms with Crippen molar-refractivity contribution in [2.75, 3.05) is 13.2 Å². The number of nitrogens with one attached hydrogen (secondary N) is 1. The predicted molar refractivity (Wildman–Crippen MR) is 166 cm³/mol. The number of esters is 2. The fraction of sp³-hybridized carbons (Fsp3) is 0.586. The van der Waals surface area contributed by atoms with Crippen LogP contribution in [-0.2, 0) is 41.9 Å². The van der Waals surface area contributed by atoms with Crippen molar-refractivity contribution in [2.24, 2.45) is 17.0 Å². The second-order valence-corrected chi connectivity index (χ2v) is 13.2. The highest BCUT2D eigenvalue weighted by atomic mass is 35.5. The van der Waals surface area contributed by atoms with E-state index in [-0.39, 0.29) is 6.61 Å². The van der Waals surface area contributed by atoms with Crippen molar-refractivity contribution in [1.29, 1.82) is 0 Å². The van der Waals surface area contributed by atoms with E-state index in [4.69, 9.17) is 39.4 Å². The Balaban J connectivity index is 1.77. The van der Waals surface area contributed by atoms with E-state index in [0.29, 0.717) is 36.3 Å². The third kappa shape index (κ3) is 8.33. The van der Waals surface area contributed by atoms with Crippen molar-refractivity contribution in [2.45, 2.75) is 83.6 Å². The molecule has 0 saturated carbocycles. The number of halogens is 1. The van der Waals surface area contributed by atoms with Crippen molar-refractivity contribution in [1.82, 2.24) is 9.55 Å². The first-order valence-electron chi connectivity index (χ1n) is 15.2. The van der Waals surface area contributed by atoms with Gasteiger partial charge in [0.15, 0.2) is 18.4 Å². The number of H-pyrrole nitrogens is 1. The van der Waals surface area contributed by atoms with E-state index in [2.05, 4.69) is 15.0 Å². The molecule has 3 heterocycles. The molecule has 256 valence electrons. The predicted octanol–water partition coefficient (Wildman–Crippen LogP) is 5.33. The van der Waals surface area contributed by atoms with Crippen LogP contribution in [0.2, 0.25) is 5.02 Å².